The molecule has 0 spiro atoms. The van der Waals surface area contributed by atoms with Crippen LogP contribution in [-0.4, -0.2) is 9.36 Å². The van der Waals surface area contributed by atoms with Gasteiger partial charge in [-0.05, 0) is 25.7 Å². The first-order valence-electron chi connectivity index (χ1n) is 6.18. The Bertz CT molecular complexity index is 436. The molecule has 0 aromatic carbocycles. The van der Waals surface area contributed by atoms with Crippen LogP contribution in [0.4, 0.5) is 5.69 Å². The fraction of sp³-hybridized carbons (Fsp3) is 0.750. The zero-order chi connectivity index (χ0) is 11.9. The third-order valence-electron chi connectivity index (χ3n) is 3.64. The number of rotatable bonds is 4. The van der Waals surface area contributed by atoms with Crippen molar-refractivity contribution in [3.63, 3.8) is 0 Å². The topological polar surface area (TPSA) is 52.9 Å². The van der Waals surface area contributed by atoms with Gasteiger partial charge >= 0.3 is 0 Å². The molecule has 0 saturated heterocycles. The van der Waals surface area contributed by atoms with Crippen LogP contribution in [0.5, 0.6) is 0 Å². The standard InChI is InChI=1S/C12H21N3O/c1-4-9(5-2)15-12(16)10(13)11(14(15)3)8-6-7-8/h8-9H,4-7,13H2,1-3H3. The second-order valence-corrected chi connectivity index (χ2v) is 4.72. The van der Waals surface area contributed by atoms with Crippen molar-refractivity contribution in [2.75, 3.05) is 5.73 Å². The van der Waals surface area contributed by atoms with Gasteiger partial charge in [-0.15, -0.1) is 0 Å². The fourth-order valence-corrected chi connectivity index (χ4v) is 2.55. The van der Waals surface area contributed by atoms with E-state index in [4.69, 9.17) is 5.73 Å². The fourth-order valence-electron chi connectivity index (χ4n) is 2.55. The summed E-state index contributed by atoms with van der Waals surface area (Å²) in [5.41, 5.74) is 7.46. The highest BCUT2D eigenvalue weighted by Crippen LogP contribution is 2.42. The minimum atomic E-state index is -0.00176. The maximum absolute atomic E-state index is 12.1. The lowest BCUT2D eigenvalue weighted by molar-refractivity contribution is 0.361. The SMILES string of the molecule is CCC(CC)n1c(=O)c(N)c(C2CC2)n1C. The van der Waals surface area contributed by atoms with E-state index in [1.807, 2.05) is 16.4 Å². The Balaban J connectivity index is 2.53. The molecule has 90 valence electrons. The van der Waals surface area contributed by atoms with Crippen LogP contribution in [0.2, 0.25) is 0 Å². The Hall–Kier alpha value is -1.19. The van der Waals surface area contributed by atoms with E-state index >= 15 is 0 Å². The number of hydrogen-bond donors (Lipinski definition) is 1. The predicted octanol–water partition coefficient (Wildman–Crippen LogP) is 2.01. The third-order valence-corrected chi connectivity index (χ3v) is 3.64. The maximum atomic E-state index is 12.1. The van der Waals surface area contributed by atoms with Gasteiger partial charge in [0.25, 0.3) is 5.56 Å². The minimum Gasteiger partial charge on any atom is -0.393 e. The summed E-state index contributed by atoms with van der Waals surface area (Å²) in [4.78, 5) is 12.1. The zero-order valence-electron chi connectivity index (χ0n) is 10.4. The Morgan fingerprint density at radius 3 is 2.38 bits per heavy atom. The van der Waals surface area contributed by atoms with E-state index in [2.05, 4.69) is 13.8 Å². The predicted molar refractivity (Wildman–Crippen MR) is 65.7 cm³/mol. The third kappa shape index (κ3) is 1.56. The molecule has 0 amide bonds. The molecule has 0 unspecified atom stereocenters. The highest BCUT2D eigenvalue weighted by molar-refractivity contribution is 5.45. The molecule has 1 aliphatic carbocycles. The molecule has 1 aliphatic rings. The van der Waals surface area contributed by atoms with Crippen LogP contribution in [0, 0.1) is 0 Å². The Morgan fingerprint density at radius 2 is 1.94 bits per heavy atom. The van der Waals surface area contributed by atoms with Crippen molar-refractivity contribution in [3.8, 4) is 0 Å². The summed E-state index contributed by atoms with van der Waals surface area (Å²) >= 11 is 0. The Morgan fingerprint density at radius 1 is 1.38 bits per heavy atom. The normalized spacial score (nSPS) is 16.0. The number of nitrogens with two attached hydrogens (primary N) is 1. The molecule has 1 saturated carbocycles. The lowest BCUT2D eigenvalue weighted by atomic mass is 10.2. The summed E-state index contributed by atoms with van der Waals surface area (Å²) in [5, 5.41) is 0. The molecule has 4 heteroatoms. The van der Waals surface area contributed by atoms with Crippen LogP contribution in [0.3, 0.4) is 0 Å². The minimum absolute atomic E-state index is 0.00176. The van der Waals surface area contributed by atoms with Gasteiger partial charge in [0, 0.05) is 13.0 Å². The first-order valence-corrected chi connectivity index (χ1v) is 6.18. The van der Waals surface area contributed by atoms with Crippen LogP contribution >= 0.6 is 0 Å². The molecule has 2 N–H and O–H groups in total. The van der Waals surface area contributed by atoms with Gasteiger partial charge < -0.3 is 5.73 Å². The number of nitrogens with zero attached hydrogens (tertiary/aromatic N) is 2. The summed E-state index contributed by atoms with van der Waals surface area (Å²) < 4.78 is 3.83. The van der Waals surface area contributed by atoms with Crippen LogP contribution < -0.4 is 11.3 Å². The lowest BCUT2D eigenvalue weighted by Crippen LogP contribution is -2.26. The summed E-state index contributed by atoms with van der Waals surface area (Å²) in [6, 6.07) is 0.271. The molecule has 16 heavy (non-hydrogen) atoms. The Labute approximate surface area is 96.0 Å². The van der Waals surface area contributed by atoms with Crippen molar-refractivity contribution in [2.24, 2.45) is 7.05 Å². The van der Waals surface area contributed by atoms with Gasteiger partial charge in [0.2, 0.25) is 0 Å². The van der Waals surface area contributed by atoms with Crippen LogP contribution in [-0.2, 0) is 7.05 Å². The van der Waals surface area contributed by atoms with Gasteiger partial charge in [0.1, 0.15) is 5.69 Å². The second-order valence-electron chi connectivity index (χ2n) is 4.72. The summed E-state index contributed by atoms with van der Waals surface area (Å²) in [6.07, 6.45) is 4.28. The molecule has 0 radical (unpaired) electrons. The molecular weight excluding hydrogens is 202 g/mol. The Kier molecular flexibility index (Phi) is 2.82. The van der Waals surface area contributed by atoms with Gasteiger partial charge in [0.05, 0.1) is 11.7 Å². The molecule has 4 nitrogen and oxygen atoms in total. The quantitative estimate of drug-likeness (QED) is 0.849. The molecular formula is C12H21N3O. The first-order chi connectivity index (χ1) is 7.61. The van der Waals surface area contributed by atoms with Crippen molar-refractivity contribution >= 4 is 5.69 Å². The van der Waals surface area contributed by atoms with Crippen molar-refractivity contribution in [3.05, 3.63) is 16.0 Å². The molecule has 1 heterocycles. The summed E-state index contributed by atoms with van der Waals surface area (Å²) in [6.45, 7) is 4.22. The van der Waals surface area contributed by atoms with Crippen LogP contribution in [0.25, 0.3) is 0 Å². The van der Waals surface area contributed by atoms with E-state index in [1.165, 1.54) is 12.8 Å². The largest absolute Gasteiger partial charge is 0.393 e. The van der Waals surface area contributed by atoms with E-state index in [9.17, 15) is 4.79 Å². The number of aromatic nitrogens is 2. The molecule has 1 fully saturated rings. The number of nitrogen functional groups attached to an aromatic ring is 1. The van der Waals surface area contributed by atoms with E-state index in [0.29, 0.717) is 11.6 Å². The first kappa shape index (κ1) is 11.3. The van der Waals surface area contributed by atoms with Gasteiger partial charge in [-0.3, -0.25) is 9.48 Å². The maximum Gasteiger partial charge on any atom is 0.290 e. The molecule has 1 aromatic heterocycles. The highest BCUT2D eigenvalue weighted by atomic mass is 16.1. The number of anilines is 1. The van der Waals surface area contributed by atoms with Crippen molar-refractivity contribution in [1.82, 2.24) is 9.36 Å². The molecule has 0 atom stereocenters. The summed E-state index contributed by atoms with van der Waals surface area (Å²) in [5.74, 6) is 0.522. The lowest BCUT2D eigenvalue weighted by Gasteiger charge is -2.17. The highest BCUT2D eigenvalue weighted by Gasteiger charge is 2.32. The van der Waals surface area contributed by atoms with Gasteiger partial charge in [-0.2, -0.15) is 0 Å². The van der Waals surface area contributed by atoms with Crippen molar-refractivity contribution < 1.29 is 0 Å². The monoisotopic (exact) mass is 223 g/mol. The molecule has 1 aromatic rings. The summed E-state index contributed by atoms with van der Waals surface area (Å²) in [7, 11) is 1.96. The second kappa shape index (κ2) is 4.00. The van der Waals surface area contributed by atoms with E-state index in [0.717, 1.165) is 18.5 Å². The zero-order valence-corrected chi connectivity index (χ0v) is 10.4. The number of hydrogen-bond acceptors (Lipinski definition) is 2. The molecule has 0 bridgehead atoms. The van der Waals surface area contributed by atoms with Gasteiger partial charge in [0.15, 0.2) is 0 Å². The van der Waals surface area contributed by atoms with E-state index < -0.39 is 0 Å². The van der Waals surface area contributed by atoms with Gasteiger partial charge in [-0.25, -0.2) is 4.68 Å². The van der Waals surface area contributed by atoms with E-state index in [-0.39, 0.29) is 11.6 Å². The van der Waals surface area contributed by atoms with Crippen molar-refractivity contribution in [1.29, 1.82) is 0 Å². The molecule has 2 rings (SSSR count). The van der Waals surface area contributed by atoms with Gasteiger partial charge in [-0.1, -0.05) is 13.8 Å². The average Bonchev–Trinajstić information content (AvgIpc) is 3.05. The van der Waals surface area contributed by atoms with Crippen molar-refractivity contribution in [2.45, 2.75) is 51.5 Å². The molecule has 0 aliphatic heterocycles. The van der Waals surface area contributed by atoms with E-state index in [1.54, 1.807) is 0 Å². The van der Waals surface area contributed by atoms with Crippen LogP contribution in [0.15, 0.2) is 4.79 Å². The average molecular weight is 223 g/mol. The smallest absolute Gasteiger partial charge is 0.290 e. The van der Waals surface area contributed by atoms with Crippen LogP contribution in [0.1, 0.15) is 57.2 Å².